The minimum atomic E-state index is -4.50. The molecule has 0 atom stereocenters. The van der Waals surface area contributed by atoms with E-state index in [0.29, 0.717) is 5.56 Å². The van der Waals surface area contributed by atoms with Crippen LogP contribution in [0.3, 0.4) is 0 Å². The van der Waals surface area contributed by atoms with Gasteiger partial charge in [0.2, 0.25) is 5.91 Å². The van der Waals surface area contributed by atoms with E-state index in [1.54, 1.807) is 0 Å². The molecule has 0 aromatic heterocycles. The Hall–Kier alpha value is -2.55. The molecule has 4 nitrogen and oxygen atoms in total. The SMILES string of the molecule is O=C(Cc1ccc(F)cc1)NCCNC(=O)c1ccccc1SC(F)(F)F. The quantitative estimate of drug-likeness (QED) is 0.425. The Morgan fingerprint density at radius 2 is 1.56 bits per heavy atom. The van der Waals surface area contributed by atoms with Crippen molar-refractivity contribution in [1.29, 1.82) is 0 Å². The molecule has 0 saturated carbocycles. The molecule has 0 aliphatic rings. The molecule has 0 bridgehead atoms. The molecule has 2 aromatic carbocycles. The average Bonchev–Trinajstić information content (AvgIpc) is 2.59. The van der Waals surface area contributed by atoms with Crippen LogP contribution in [0.1, 0.15) is 15.9 Å². The van der Waals surface area contributed by atoms with Crippen LogP contribution >= 0.6 is 11.8 Å². The van der Waals surface area contributed by atoms with Crippen LogP contribution in [0.15, 0.2) is 53.4 Å². The van der Waals surface area contributed by atoms with Gasteiger partial charge >= 0.3 is 5.51 Å². The Balaban J connectivity index is 1.79. The Morgan fingerprint density at radius 3 is 2.22 bits per heavy atom. The first-order chi connectivity index (χ1) is 12.7. The second-order valence-corrected chi connectivity index (χ2v) is 6.56. The lowest BCUT2D eigenvalue weighted by Gasteiger charge is -2.11. The fourth-order valence-electron chi connectivity index (χ4n) is 2.19. The number of nitrogens with one attached hydrogen (secondary N) is 2. The van der Waals surface area contributed by atoms with Crippen LogP contribution in [0.5, 0.6) is 0 Å². The summed E-state index contributed by atoms with van der Waals surface area (Å²) in [6, 6.07) is 10.9. The van der Waals surface area contributed by atoms with Crippen molar-refractivity contribution in [3.8, 4) is 0 Å². The van der Waals surface area contributed by atoms with Gasteiger partial charge in [0, 0.05) is 18.0 Å². The van der Waals surface area contributed by atoms with Crippen molar-refractivity contribution in [2.45, 2.75) is 16.8 Å². The molecule has 0 heterocycles. The highest BCUT2D eigenvalue weighted by Gasteiger charge is 2.31. The third kappa shape index (κ3) is 7.30. The molecule has 0 saturated heterocycles. The second-order valence-electron chi connectivity index (χ2n) is 5.45. The van der Waals surface area contributed by atoms with E-state index in [1.807, 2.05) is 0 Å². The molecule has 9 heteroatoms. The standard InChI is InChI=1S/C18H16F4N2O2S/c19-13-7-5-12(6-8-13)11-16(25)23-9-10-24-17(26)14-3-1-2-4-15(14)27-18(20,21)22/h1-8H,9-11H2,(H,23,25)(H,24,26). The first kappa shape index (κ1) is 20.8. The number of hydrogen-bond acceptors (Lipinski definition) is 3. The summed E-state index contributed by atoms with van der Waals surface area (Å²) in [5.41, 5.74) is -3.95. The maximum atomic E-state index is 12.8. The largest absolute Gasteiger partial charge is 0.446 e. The van der Waals surface area contributed by atoms with E-state index in [9.17, 15) is 27.2 Å². The zero-order chi connectivity index (χ0) is 19.9. The first-order valence-corrected chi connectivity index (χ1v) is 8.70. The number of alkyl halides is 3. The van der Waals surface area contributed by atoms with Gasteiger partial charge in [-0.3, -0.25) is 9.59 Å². The number of carbonyl (C=O) groups excluding carboxylic acids is 2. The molecule has 2 amide bonds. The van der Waals surface area contributed by atoms with Crippen LogP contribution in [-0.4, -0.2) is 30.4 Å². The van der Waals surface area contributed by atoms with Crippen molar-refractivity contribution in [2.24, 2.45) is 0 Å². The number of benzene rings is 2. The van der Waals surface area contributed by atoms with Gasteiger partial charge in [0.25, 0.3) is 5.91 Å². The fourth-order valence-corrected chi connectivity index (χ4v) is 2.86. The van der Waals surface area contributed by atoms with E-state index in [1.165, 1.54) is 48.5 Å². The molecule has 2 aromatic rings. The van der Waals surface area contributed by atoms with Gasteiger partial charge in [0.05, 0.1) is 12.0 Å². The van der Waals surface area contributed by atoms with E-state index in [0.717, 1.165) is 0 Å². The summed E-state index contributed by atoms with van der Waals surface area (Å²) in [4.78, 5) is 23.7. The summed E-state index contributed by atoms with van der Waals surface area (Å²) in [6.07, 6.45) is 0.0548. The van der Waals surface area contributed by atoms with Crippen LogP contribution in [0.2, 0.25) is 0 Å². The van der Waals surface area contributed by atoms with E-state index in [2.05, 4.69) is 10.6 Å². The van der Waals surface area contributed by atoms with Gasteiger partial charge in [0.1, 0.15) is 5.82 Å². The average molecular weight is 400 g/mol. The zero-order valence-electron chi connectivity index (χ0n) is 14.0. The smallest absolute Gasteiger partial charge is 0.354 e. The van der Waals surface area contributed by atoms with Crippen LogP contribution in [0.25, 0.3) is 0 Å². The van der Waals surface area contributed by atoms with Crippen molar-refractivity contribution in [1.82, 2.24) is 10.6 Å². The van der Waals surface area contributed by atoms with Gasteiger partial charge in [-0.1, -0.05) is 24.3 Å². The molecule has 0 aliphatic heterocycles. The summed E-state index contributed by atoms with van der Waals surface area (Å²) in [7, 11) is 0. The molecule has 27 heavy (non-hydrogen) atoms. The lowest BCUT2D eigenvalue weighted by Crippen LogP contribution is -2.35. The topological polar surface area (TPSA) is 58.2 Å². The first-order valence-electron chi connectivity index (χ1n) is 7.89. The van der Waals surface area contributed by atoms with Gasteiger partial charge in [-0.2, -0.15) is 13.2 Å². The van der Waals surface area contributed by atoms with E-state index >= 15 is 0 Å². The van der Waals surface area contributed by atoms with Crippen LogP contribution < -0.4 is 10.6 Å². The third-order valence-corrected chi connectivity index (χ3v) is 4.18. The summed E-state index contributed by atoms with van der Waals surface area (Å²) < 4.78 is 50.4. The molecule has 0 radical (unpaired) electrons. The minimum Gasteiger partial charge on any atom is -0.354 e. The molecular weight excluding hydrogens is 384 g/mol. The lowest BCUT2D eigenvalue weighted by molar-refractivity contribution is -0.120. The Bertz CT molecular complexity index is 795. The molecule has 144 valence electrons. The van der Waals surface area contributed by atoms with Gasteiger partial charge in [-0.25, -0.2) is 4.39 Å². The zero-order valence-corrected chi connectivity index (χ0v) is 14.8. The van der Waals surface area contributed by atoms with Gasteiger partial charge < -0.3 is 10.6 Å². The van der Waals surface area contributed by atoms with Crippen LogP contribution in [0.4, 0.5) is 17.6 Å². The number of halogens is 4. The van der Waals surface area contributed by atoms with Crippen molar-refractivity contribution < 1.29 is 27.2 Å². The van der Waals surface area contributed by atoms with Gasteiger partial charge in [0.15, 0.2) is 0 Å². The summed E-state index contributed by atoms with van der Waals surface area (Å²) in [5.74, 6) is -1.37. The molecule has 2 N–H and O–H groups in total. The monoisotopic (exact) mass is 400 g/mol. The van der Waals surface area contributed by atoms with Crippen LogP contribution in [0, 0.1) is 5.82 Å². The summed E-state index contributed by atoms with van der Waals surface area (Å²) >= 11 is -0.355. The molecule has 0 spiro atoms. The Labute approximate surface area is 157 Å². The molecule has 2 rings (SSSR count). The normalized spacial score (nSPS) is 11.1. The van der Waals surface area contributed by atoms with Crippen molar-refractivity contribution in [2.75, 3.05) is 13.1 Å². The number of hydrogen-bond donors (Lipinski definition) is 2. The Kier molecular flexibility index (Phi) is 7.23. The number of carbonyl (C=O) groups is 2. The highest BCUT2D eigenvalue weighted by molar-refractivity contribution is 8.00. The second kappa shape index (κ2) is 9.40. The van der Waals surface area contributed by atoms with E-state index in [-0.39, 0.29) is 47.6 Å². The van der Waals surface area contributed by atoms with Crippen molar-refractivity contribution in [3.63, 3.8) is 0 Å². The minimum absolute atomic E-state index is 0.0546. The maximum absolute atomic E-state index is 12.8. The van der Waals surface area contributed by atoms with Crippen LogP contribution in [-0.2, 0) is 11.2 Å². The molecular formula is C18H16F4N2O2S. The fraction of sp³-hybridized carbons (Fsp3) is 0.222. The third-order valence-electron chi connectivity index (χ3n) is 3.37. The molecule has 0 unspecified atom stereocenters. The van der Waals surface area contributed by atoms with E-state index < -0.39 is 17.2 Å². The summed E-state index contributed by atoms with van der Waals surface area (Å²) in [6.45, 7) is 0.166. The predicted octanol–water partition coefficient (Wildman–Crippen LogP) is 3.53. The maximum Gasteiger partial charge on any atom is 0.446 e. The van der Waals surface area contributed by atoms with E-state index in [4.69, 9.17) is 0 Å². The van der Waals surface area contributed by atoms with Gasteiger partial charge in [-0.15, -0.1) is 0 Å². The van der Waals surface area contributed by atoms with Gasteiger partial charge in [-0.05, 0) is 41.6 Å². The highest BCUT2D eigenvalue weighted by Crippen LogP contribution is 2.38. The molecule has 0 aliphatic carbocycles. The number of rotatable bonds is 7. The molecule has 0 fully saturated rings. The predicted molar refractivity (Wildman–Crippen MR) is 93.8 cm³/mol. The lowest BCUT2D eigenvalue weighted by atomic mass is 10.1. The Morgan fingerprint density at radius 1 is 0.926 bits per heavy atom. The number of thioether (sulfide) groups is 1. The highest BCUT2D eigenvalue weighted by atomic mass is 32.2. The number of amides is 2. The summed E-state index contributed by atoms with van der Waals surface area (Å²) in [5, 5.41) is 5.04. The van der Waals surface area contributed by atoms with Crippen molar-refractivity contribution >= 4 is 23.6 Å². The van der Waals surface area contributed by atoms with Crippen molar-refractivity contribution in [3.05, 3.63) is 65.5 Å².